The highest BCUT2D eigenvalue weighted by Gasteiger charge is 2.43. The van der Waals surface area contributed by atoms with Gasteiger partial charge in [0.2, 0.25) is 11.9 Å². The average Bonchev–Trinajstić information content (AvgIpc) is 3.35. The molecule has 9 nitrogen and oxygen atoms in total. The molecule has 1 aliphatic carbocycles. The Morgan fingerprint density at radius 1 is 0.971 bits per heavy atom. The van der Waals surface area contributed by atoms with Crippen LogP contribution in [0.2, 0.25) is 0 Å². The van der Waals surface area contributed by atoms with Crippen molar-refractivity contribution in [3.8, 4) is 0 Å². The maximum Gasteiger partial charge on any atom is 0.227 e. The summed E-state index contributed by atoms with van der Waals surface area (Å²) in [5.74, 6) is 0.892. The Morgan fingerprint density at radius 2 is 1.66 bits per heavy atom. The van der Waals surface area contributed by atoms with Crippen LogP contribution in [0.25, 0.3) is 0 Å². The summed E-state index contributed by atoms with van der Waals surface area (Å²) in [5.41, 5.74) is 10.8. The summed E-state index contributed by atoms with van der Waals surface area (Å²) < 4.78 is 11.6. The molecule has 35 heavy (non-hydrogen) atoms. The van der Waals surface area contributed by atoms with Crippen LogP contribution in [0.3, 0.4) is 0 Å². The molecule has 0 unspecified atom stereocenters. The molecule has 2 aromatic carbocycles. The van der Waals surface area contributed by atoms with Crippen LogP contribution in [0.1, 0.15) is 28.1 Å². The first kappa shape index (κ1) is 23.6. The first-order chi connectivity index (χ1) is 16.9. The van der Waals surface area contributed by atoms with Gasteiger partial charge >= 0.3 is 0 Å². The van der Waals surface area contributed by atoms with Gasteiger partial charge in [0, 0.05) is 12.5 Å². The standard InChI is InChI=1S/C26H31N5O4/c1-15-6-8-16(9-7-15)13-34-14-21-24(33)23(32)20(35-21)12-22-29-25(27)31-26(30-22)28-19-10-17-4-2-3-5-18(17)11-19/h2-9,19-21,23-24,32-33H,10-14H2,1H3,(H3,27,28,29,30,31)/t20-,21+,23-,24+/m0/s1. The van der Waals surface area contributed by atoms with Crippen LogP contribution < -0.4 is 11.1 Å². The van der Waals surface area contributed by atoms with Crippen molar-refractivity contribution in [2.45, 2.75) is 63.3 Å². The van der Waals surface area contributed by atoms with E-state index in [9.17, 15) is 10.2 Å². The highest BCUT2D eigenvalue weighted by Crippen LogP contribution is 2.26. The highest BCUT2D eigenvalue weighted by molar-refractivity contribution is 5.39. The second-order valence-electron chi connectivity index (χ2n) is 9.35. The molecule has 9 heteroatoms. The van der Waals surface area contributed by atoms with Crippen molar-refractivity contribution < 1.29 is 19.7 Å². The summed E-state index contributed by atoms with van der Waals surface area (Å²) in [6.07, 6.45) is -1.50. The zero-order chi connectivity index (χ0) is 24.4. The Morgan fingerprint density at radius 3 is 2.37 bits per heavy atom. The Labute approximate surface area is 204 Å². The van der Waals surface area contributed by atoms with Crippen LogP contribution in [0.4, 0.5) is 11.9 Å². The van der Waals surface area contributed by atoms with Gasteiger partial charge in [-0.2, -0.15) is 15.0 Å². The van der Waals surface area contributed by atoms with E-state index in [0.29, 0.717) is 18.4 Å². The Bertz CT molecular complexity index is 1130. The maximum atomic E-state index is 10.6. The second-order valence-corrected chi connectivity index (χ2v) is 9.35. The number of rotatable bonds is 8. The van der Waals surface area contributed by atoms with E-state index in [-0.39, 0.29) is 25.0 Å². The Kier molecular flexibility index (Phi) is 6.92. The fourth-order valence-electron chi connectivity index (χ4n) is 4.73. The molecule has 0 saturated carbocycles. The molecule has 1 aliphatic heterocycles. The van der Waals surface area contributed by atoms with Gasteiger partial charge in [-0.25, -0.2) is 0 Å². The number of nitrogens with two attached hydrogens (primary N) is 1. The summed E-state index contributed by atoms with van der Waals surface area (Å²) in [7, 11) is 0. The van der Waals surface area contributed by atoms with Crippen molar-refractivity contribution in [2.24, 2.45) is 0 Å². The molecule has 0 bridgehead atoms. The largest absolute Gasteiger partial charge is 0.388 e. The number of fused-ring (bicyclic) bond motifs is 1. The lowest BCUT2D eigenvalue weighted by Gasteiger charge is -2.16. The van der Waals surface area contributed by atoms with Gasteiger partial charge in [-0.1, -0.05) is 54.1 Å². The number of aliphatic hydroxyl groups excluding tert-OH is 2. The monoisotopic (exact) mass is 477 g/mol. The van der Waals surface area contributed by atoms with Gasteiger partial charge in [-0.15, -0.1) is 0 Å². The van der Waals surface area contributed by atoms with Gasteiger partial charge in [0.05, 0.1) is 19.3 Å². The number of ether oxygens (including phenoxy) is 2. The minimum Gasteiger partial charge on any atom is -0.388 e. The van der Waals surface area contributed by atoms with E-state index < -0.39 is 24.4 Å². The summed E-state index contributed by atoms with van der Waals surface area (Å²) in [4.78, 5) is 12.9. The van der Waals surface area contributed by atoms with Gasteiger partial charge in [0.15, 0.2) is 0 Å². The van der Waals surface area contributed by atoms with Crippen LogP contribution in [-0.4, -0.2) is 62.2 Å². The van der Waals surface area contributed by atoms with E-state index in [1.54, 1.807) is 0 Å². The molecule has 2 heterocycles. The van der Waals surface area contributed by atoms with Crippen molar-refractivity contribution in [3.63, 3.8) is 0 Å². The van der Waals surface area contributed by atoms with Crippen LogP contribution in [0.5, 0.6) is 0 Å². The summed E-state index contributed by atoms with van der Waals surface area (Å²) >= 11 is 0. The molecular weight excluding hydrogens is 446 g/mol. The van der Waals surface area contributed by atoms with E-state index in [1.165, 1.54) is 16.7 Å². The lowest BCUT2D eigenvalue weighted by Crippen LogP contribution is -2.35. The molecule has 1 fully saturated rings. The third kappa shape index (κ3) is 5.59. The average molecular weight is 478 g/mol. The lowest BCUT2D eigenvalue weighted by molar-refractivity contribution is -0.0482. The molecule has 0 amide bonds. The lowest BCUT2D eigenvalue weighted by atomic mass is 10.1. The quantitative estimate of drug-likeness (QED) is 0.381. The number of anilines is 2. The first-order valence-electron chi connectivity index (χ1n) is 11.9. The molecule has 1 saturated heterocycles. The predicted molar refractivity (Wildman–Crippen MR) is 131 cm³/mol. The number of aliphatic hydroxyl groups is 2. The van der Waals surface area contributed by atoms with Crippen LogP contribution in [-0.2, 0) is 35.3 Å². The van der Waals surface area contributed by atoms with Gasteiger partial charge in [0.25, 0.3) is 0 Å². The van der Waals surface area contributed by atoms with Gasteiger partial charge in [-0.05, 0) is 36.5 Å². The summed E-state index contributed by atoms with van der Waals surface area (Å²) in [5, 5.41) is 24.4. The molecule has 5 N–H and O–H groups in total. The van der Waals surface area contributed by atoms with Crippen LogP contribution in [0, 0.1) is 6.92 Å². The van der Waals surface area contributed by atoms with Gasteiger partial charge in [-0.3, -0.25) is 0 Å². The number of aryl methyl sites for hydroxylation is 1. The van der Waals surface area contributed by atoms with E-state index in [4.69, 9.17) is 15.2 Å². The number of benzene rings is 2. The SMILES string of the molecule is Cc1ccc(COC[C@H]2O[C@@H](Cc3nc(N)nc(NC4Cc5ccccc5C4)n3)[C@H](O)[C@@H]2O)cc1. The molecule has 0 spiro atoms. The van der Waals surface area contributed by atoms with E-state index in [2.05, 4.69) is 32.4 Å². The van der Waals surface area contributed by atoms with Gasteiger partial charge < -0.3 is 30.7 Å². The fourth-order valence-corrected chi connectivity index (χ4v) is 4.73. The second kappa shape index (κ2) is 10.2. The molecular formula is C26H31N5O4. The molecule has 5 rings (SSSR count). The number of aromatic nitrogens is 3. The Balaban J connectivity index is 1.17. The maximum absolute atomic E-state index is 10.6. The Hall–Kier alpha value is -3.11. The van der Waals surface area contributed by atoms with Gasteiger partial charge in [0.1, 0.15) is 24.1 Å². The molecule has 2 aliphatic rings. The molecule has 0 radical (unpaired) electrons. The van der Waals surface area contributed by atoms with E-state index in [1.807, 2.05) is 43.3 Å². The van der Waals surface area contributed by atoms with Crippen molar-refractivity contribution in [1.82, 2.24) is 15.0 Å². The molecule has 1 aromatic heterocycles. The van der Waals surface area contributed by atoms with E-state index >= 15 is 0 Å². The zero-order valence-corrected chi connectivity index (χ0v) is 19.7. The third-order valence-corrected chi connectivity index (χ3v) is 6.60. The normalized spacial score (nSPS) is 24.0. The zero-order valence-electron chi connectivity index (χ0n) is 19.7. The molecule has 3 aromatic rings. The minimum atomic E-state index is -1.08. The summed E-state index contributed by atoms with van der Waals surface area (Å²) in [6, 6.07) is 16.6. The number of nitrogen functional groups attached to an aromatic ring is 1. The molecule has 4 atom stereocenters. The first-order valence-corrected chi connectivity index (χ1v) is 11.9. The highest BCUT2D eigenvalue weighted by atomic mass is 16.6. The van der Waals surface area contributed by atoms with Crippen molar-refractivity contribution >= 4 is 11.9 Å². The topological polar surface area (TPSA) is 136 Å². The molecule has 184 valence electrons. The van der Waals surface area contributed by atoms with Crippen molar-refractivity contribution in [2.75, 3.05) is 17.7 Å². The number of hydrogen-bond acceptors (Lipinski definition) is 9. The number of nitrogens with one attached hydrogen (secondary N) is 1. The van der Waals surface area contributed by atoms with Crippen LogP contribution in [0.15, 0.2) is 48.5 Å². The number of nitrogens with zero attached hydrogens (tertiary/aromatic N) is 3. The van der Waals surface area contributed by atoms with Crippen molar-refractivity contribution in [3.05, 3.63) is 76.6 Å². The van der Waals surface area contributed by atoms with Crippen molar-refractivity contribution in [1.29, 1.82) is 0 Å². The van der Waals surface area contributed by atoms with E-state index in [0.717, 1.165) is 18.4 Å². The predicted octanol–water partition coefficient (Wildman–Crippen LogP) is 1.59. The minimum absolute atomic E-state index is 0.0963. The summed E-state index contributed by atoms with van der Waals surface area (Å²) in [6.45, 7) is 2.59. The third-order valence-electron chi connectivity index (χ3n) is 6.60. The smallest absolute Gasteiger partial charge is 0.227 e. The van der Waals surface area contributed by atoms with Crippen LogP contribution >= 0.6 is 0 Å². The number of hydrogen-bond donors (Lipinski definition) is 4. The fraction of sp³-hybridized carbons (Fsp3) is 0.423.